The van der Waals surface area contributed by atoms with Crippen LogP contribution < -0.4 is 10.9 Å². The topological polar surface area (TPSA) is 77.4 Å². The van der Waals surface area contributed by atoms with Gasteiger partial charge in [0.05, 0.1) is 6.10 Å². The van der Waals surface area contributed by atoms with E-state index in [1.54, 1.807) is 0 Å². The number of aromatic nitrogens is 1. The fraction of sp³-hybridized carbons (Fsp3) is 0.458. The molecule has 1 aromatic carbocycles. The molecule has 1 aliphatic carbocycles. The molecule has 6 nitrogen and oxygen atoms in total. The SMILES string of the molecule is CC(C)OCCCNC(=O)c1c2c(cn(-c3ccc(F)cc3)c1=O)C(=O)CC(C)(C)C2. The summed E-state index contributed by atoms with van der Waals surface area (Å²) in [5.41, 5.74) is 0.362. The minimum atomic E-state index is -0.521. The summed E-state index contributed by atoms with van der Waals surface area (Å²) in [4.78, 5) is 39.3. The van der Waals surface area contributed by atoms with E-state index in [0.29, 0.717) is 49.2 Å². The molecular weight excluding hydrogens is 399 g/mol. The van der Waals surface area contributed by atoms with Crippen molar-refractivity contribution in [2.75, 3.05) is 13.2 Å². The molecule has 0 saturated heterocycles. The summed E-state index contributed by atoms with van der Waals surface area (Å²) in [5.74, 6) is -1.05. The summed E-state index contributed by atoms with van der Waals surface area (Å²) >= 11 is 0. The first-order chi connectivity index (χ1) is 14.6. The molecule has 2 aromatic rings. The van der Waals surface area contributed by atoms with Crippen LogP contribution in [0.3, 0.4) is 0 Å². The Balaban J connectivity index is 2.01. The second-order valence-electron chi connectivity index (χ2n) is 9.02. The van der Waals surface area contributed by atoms with Gasteiger partial charge in [-0.1, -0.05) is 13.8 Å². The fourth-order valence-corrected chi connectivity index (χ4v) is 3.85. The van der Waals surface area contributed by atoms with E-state index >= 15 is 0 Å². The molecule has 166 valence electrons. The highest BCUT2D eigenvalue weighted by Gasteiger charge is 2.35. The minimum Gasteiger partial charge on any atom is -0.379 e. The lowest BCUT2D eigenvalue weighted by Crippen LogP contribution is -2.39. The van der Waals surface area contributed by atoms with Gasteiger partial charge in [0, 0.05) is 37.0 Å². The van der Waals surface area contributed by atoms with Crippen molar-refractivity contribution >= 4 is 11.7 Å². The van der Waals surface area contributed by atoms with Gasteiger partial charge in [-0.25, -0.2) is 4.39 Å². The lowest BCUT2D eigenvalue weighted by atomic mass is 9.73. The van der Waals surface area contributed by atoms with Gasteiger partial charge < -0.3 is 10.1 Å². The zero-order valence-electron chi connectivity index (χ0n) is 18.5. The number of carbonyl (C=O) groups is 2. The Kier molecular flexibility index (Phi) is 6.74. The van der Waals surface area contributed by atoms with Crippen LogP contribution >= 0.6 is 0 Å². The van der Waals surface area contributed by atoms with Crippen LogP contribution in [0.15, 0.2) is 35.3 Å². The number of hydrogen-bond acceptors (Lipinski definition) is 4. The maximum atomic E-state index is 13.4. The summed E-state index contributed by atoms with van der Waals surface area (Å²) in [5, 5.41) is 2.79. The molecule has 7 heteroatoms. The van der Waals surface area contributed by atoms with Crippen molar-refractivity contribution in [1.82, 2.24) is 9.88 Å². The van der Waals surface area contributed by atoms with Crippen molar-refractivity contribution in [1.29, 1.82) is 0 Å². The molecule has 31 heavy (non-hydrogen) atoms. The van der Waals surface area contributed by atoms with Crippen LogP contribution in [-0.2, 0) is 11.2 Å². The molecule has 0 radical (unpaired) electrons. The first kappa shape index (κ1) is 22.9. The molecule has 0 atom stereocenters. The number of nitrogens with zero attached hydrogens (tertiary/aromatic N) is 1. The standard InChI is InChI=1S/C24H29FN2O4/c1-15(2)31-11-5-10-26-22(29)21-18-12-24(3,4)13-20(28)19(18)14-27(23(21)30)17-8-6-16(25)7-9-17/h6-9,14-15H,5,10-13H2,1-4H3,(H,26,29). The molecule has 0 bridgehead atoms. The quantitative estimate of drug-likeness (QED) is 0.683. The Morgan fingerprint density at radius 1 is 1.19 bits per heavy atom. The molecule has 0 spiro atoms. The molecule has 0 saturated carbocycles. The number of rotatable bonds is 7. The van der Waals surface area contributed by atoms with Crippen LogP contribution in [0.5, 0.6) is 0 Å². The maximum Gasteiger partial charge on any atom is 0.268 e. The zero-order valence-corrected chi connectivity index (χ0v) is 18.5. The smallest absolute Gasteiger partial charge is 0.268 e. The van der Waals surface area contributed by atoms with E-state index in [1.807, 2.05) is 27.7 Å². The molecule has 0 aliphatic heterocycles. The Morgan fingerprint density at radius 3 is 2.52 bits per heavy atom. The lowest BCUT2D eigenvalue weighted by molar-refractivity contribution is 0.0757. The highest BCUT2D eigenvalue weighted by atomic mass is 19.1. The summed E-state index contributed by atoms with van der Waals surface area (Å²) in [6.07, 6.45) is 2.97. The van der Waals surface area contributed by atoms with E-state index in [9.17, 15) is 18.8 Å². The molecule has 1 heterocycles. The average Bonchev–Trinajstić information content (AvgIpc) is 2.67. The third-order valence-corrected chi connectivity index (χ3v) is 5.30. The number of carbonyl (C=O) groups excluding carboxylic acids is 2. The molecule has 1 aromatic heterocycles. The van der Waals surface area contributed by atoms with Crippen molar-refractivity contribution < 1.29 is 18.7 Å². The monoisotopic (exact) mass is 428 g/mol. The van der Waals surface area contributed by atoms with E-state index in [4.69, 9.17) is 4.74 Å². The van der Waals surface area contributed by atoms with Crippen LogP contribution in [0.1, 0.15) is 66.8 Å². The van der Waals surface area contributed by atoms with E-state index in [1.165, 1.54) is 35.0 Å². The molecule has 1 amide bonds. The predicted molar refractivity (Wildman–Crippen MR) is 116 cm³/mol. The number of hydrogen-bond donors (Lipinski definition) is 1. The Hall–Kier alpha value is -2.80. The van der Waals surface area contributed by atoms with Gasteiger partial charge in [0.25, 0.3) is 11.5 Å². The van der Waals surface area contributed by atoms with E-state index in [0.717, 1.165) is 0 Å². The molecule has 1 N–H and O–H groups in total. The van der Waals surface area contributed by atoms with Gasteiger partial charge in [-0.3, -0.25) is 19.0 Å². The van der Waals surface area contributed by atoms with E-state index < -0.39 is 17.3 Å². The van der Waals surface area contributed by atoms with Crippen LogP contribution in [0, 0.1) is 11.2 Å². The highest BCUT2D eigenvalue weighted by molar-refractivity contribution is 6.04. The molecular formula is C24H29FN2O4. The molecule has 1 aliphatic rings. The largest absolute Gasteiger partial charge is 0.379 e. The number of fused-ring (bicyclic) bond motifs is 1. The van der Waals surface area contributed by atoms with Gasteiger partial charge in [-0.15, -0.1) is 0 Å². The number of benzene rings is 1. The van der Waals surface area contributed by atoms with Gasteiger partial charge in [0.2, 0.25) is 0 Å². The highest BCUT2D eigenvalue weighted by Crippen LogP contribution is 2.35. The van der Waals surface area contributed by atoms with Gasteiger partial charge in [0.15, 0.2) is 5.78 Å². The van der Waals surface area contributed by atoms with Gasteiger partial charge in [-0.2, -0.15) is 0 Å². The number of Topliss-reactive ketones (excluding diaryl/α,β-unsaturated/α-hetero) is 1. The zero-order chi connectivity index (χ0) is 22.8. The van der Waals surface area contributed by atoms with Crippen molar-refractivity contribution in [3.63, 3.8) is 0 Å². The first-order valence-electron chi connectivity index (χ1n) is 10.6. The van der Waals surface area contributed by atoms with Gasteiger partial charge in [-0.05, 0) is 61.9 Å². The van der Waals surface area contributed by atoms with E-state index in [2.05, 4.69) is 5.32 Å². The number of ether oxygens (including phenoxy) is 1. The Labute approximate surface area is 181 Å². The van der Waals surface area contributed by atoms with Crippen molar-refractivity contribution in [2.45, 2.75) is 53.1 Å². The predicted octanol–water partition coefficient (Wildman–Crippen LogP) is 3.68. The number of ketones is 1. The van der Waals surface area contributed by atoms with Crippen molar-refractivity contribution in [3.05, 3.63) is 63.3 Å². The number of halogens is 1. The van der Waals surface area contributed by atoms with Gasteiger partial charge >= 0.3 is 0 Å². The second kappa shape index (κ2) is 9.14. The number of amides is 1. The Bertz CT molecular complexity index is 1040. The Morgan fingerprint density at radius 2 is 1.87 bits per heavy atom. The van der Waals surface area contributed by atoms with Crippen molar-refractivity contribution in [2.24, 2.45) is 5.41 Å². The summed E-state index contributed by atoms with van der Waals surface area (Å²) in [6.45, 7) is 8.62. The fourth-order valence-electron chi connectivity index (χ4n) is 3.85. The van der Waals surface area contributed by atoms with E-state index in [-0.39, 0.29) is 22.9 Å². The third-order valence-electron chi connectivity index (χ3n) is 5.30. The lowest BCUT2D eigenvalue weighted by Gasteiger charge is -2.31. The third kappa shape index (κ3) is 5.28. The van der Waals surface area contributed by atoms with Crippen LogP contribution in [0.25, 0.3) is 5.69 Å². The second-order valence-corrected chi connectivity index (χ2v) is 9.02. The maximum absolute atomic E-state index is 13.4. The van der Waals surface area contributed by atoms with Crippen molar-refractivity contribution in [3.8, 4) is 5.69 Å². The number of nitrogens with one attached hydrogen (secondary N) is 1. The normalized spacial score (nSPS) is 15.1. The summed E-state index contributed by atoms with van der Waals surface area (Å²) in [6, 6.07) is 5.37. The minimum absolute atomic E-state index is 0.0206. The molecule has 3 rings (SSSR count). The van der Waals surface area contributed by atoms with Gasteiger partial charge in [0.1, 0.15) is 11.4 Å². The van der Waals surface area contributed by atoms with Crippen LogP contribution in [-0.4, -0.2) is 35.5 Å². The molecule has 0 unspecified atom stereocenters. The molecule has 0 fully saturated rings. The summed E-state index contributed by atoms with van der Waals surface area (Å²) < 4.78 is 20.1. The van der Waals surface area contributed by atoms with Crippen LogP contribution in [0.4, 0.5) is 4.39 Å². The number of pyridine rings is 1. The average molecular weight is 429 g/mol. The first-order valence-corrected chi connectivity index (χ1v) is 10.6. The summed E-state index contributed by atoms with van der Waals surface area (Å²) in [7, 11) is 0. The van der Waals surface area contributed by atoms with Crippen LogP contribution in [0.2, 0.25) is 0 Å².